The van der Waals surface area contributed by atoms with Gasteiger partial charge >= 0.3 is 6.16 Å². The Morgan fingerprint density at radius 1 is 1.07 bits per heavy atom. The maximum atomic E-state index is 13.0. The van der Waals surface area contributed by atoms with Crippen molar-refractivity contribution in [3.63, 3.8) is 0 Å². The van der Waals surface area contributed by atoms with E-state index in [1.807, 2.05) is 0 Å². The lowest BCUT2D eigenvalue weighted by Gasteiger charge is -2.23. The van der Waals surface area contributed by atoms with Crippen molar-refractivity contribution in [2.24, 2.45) is 0 Å². The SMILES string of the molecule is COc1cc(CO)cc(C(OC(=O)OC(C)(C)C)C(=O)c2ccccc2)c1. The molecule has 1 N–H and O–H groups in total. The predicted octanol–water partition coefficient (Wildman–Crippen LogP) is 4.06. The van der Waals surface area contributed by atoms with Gasteiger partial charge in [0, 0.05) is 11.1 Å². The van der Waals surface area contributed by atoms with Gasteiger partial charge < -0.3 is 19.3 Å². The fourth-order valence-electron chi connectivity index (χ4n) is 2.44. The minimum atomic E-state index is -1.23. The molecule has 0 aliphatic heterocycles. The third kappa shape index (κ3) is 5.82. The van der Waals surface area contributed by atoms with Gasteiger partial charge in [0.2, 0.25) is 5.78 Å². The number of Topliss-reactive ketones (excluding diaryl/α,β-unsaturated/α-hetero) is 1. The summed E-state index contributed by atoms with van der Waals surface area (Å²) >= 11 is 0. The lowest BCUT2D eigenvalue weighted by atomic mass is 9.98. The number of aliphatic hydroxyl groups is 1. The summed E-state index contributed by atoms with van der Waals surface area (Å²) in [5.41, 5.74) is 0.544. The van der Waals surface area contributed by atoms with Crippen molar-refractivity contribution in [3.8, 4) is 5.75 Å². The van der Waals surface area contributed by atoms with Crippen LogP contribution in [0.4, 0.5) is 4.79 Å². The second-order valence-corrected chi connectivity index (χ2v) is 6.97. The number of hydrogen-bond acceptors (Lipinski definition) is 6. The first-order valence-corrected chi connectivity index (χ1v) is 8.51. The van der Waals surface area contributed by atoms with Crippen molar-refractivity contribution in [1.82, 2.24) is 0 Å². The van der Waals surface area contributed by atoms with Crippen LogP contribution >= 0.6 is 0 Å². The van der Waals surface area contributed by atoms with E-state index in [1.165, 1.54) is 7.11 Å². The van der Waals surface area contributed by atoms with Crippen LogP contribution in [0, 0.1) is 0 Å². The first-order chi connectivity index (χ1) is 12.7. The van der Waals surface area contributed by atoms with Gasteiger partial charge in [-0.25, -0.2) is 4.79 Å². The van der Waals surface area contributed by atoms with E-state index in [1.54, 1.807) is 69.3 Å². The van der Waals surface area contributed by atoms with Crippen LogP contribution in [0.15, 0.2) is 48.5 Å². The Hall–Kier alpha value is -2.86. The molecule has 2 aromatic carbocycles. The van der Waals surface area contributed by atoms with Gasteiger partial charge in [-0.3, -0.25) is 4.79 Å². The number of ether oxygens (including phenoxy) is 3. The first kappa shape index (κ1) is 20.5. The molecule has 0 saturated heterocycles. The van der Waals surface area contributed by atoms with Gasteiger partial charge in [0.05, 0.1) is 13.7 Å². The zero-order valence-corrected chi connectivity index (χ0v) is 15.9. The van der Waals surface area contributed by atoms with Crippen LogP contribution in [-0.4, -0.2) is 29.8 Å². The molecule has 144 valence electrons. The second kappa shape index (κ2) is 8.68. The Morgan fingerprint density at radius 3 is 2.30 bits per heavy atom. The van der Waals surface area contributed by atoms with Crippen molar-refractivity contribution in [3.05, 3.63) is 65.2 Å². The summed E-state index contributed by atoms with van der Waals surface area (Å²) in [6, 6.07) is 13.3. The standard InChI is InChI=1S/C21H24O6/c1-21(2,3)27-20(24)26-19(18(23)15-8-6-5-7-9-15)16-10-14(13-22)11-17(12-16)25-4/h5-12,19,22H,13H2,1-4H3. The van der Waals surface area contributed by atoms with E-state index >= 15 is 0 Å². The van der Waals surface area contributed by atoms with Crippen molar-refractivity contribution in [2.75, 3.05) is 7.11 Å². The smallest absolute Gasteiger partial charge is 0.497 e. The third-order valence-corrected chi connectivity index (χ3v) is 3.61. The third-order valence-electron chi connectivity index (χ3n) is 3.61. The average Bonchev–Trinajstić information content (AvgIpc) is 2.64. The van der Waals surface area contributed by atoms with Gasteiger partial charge in [0.25, 0.3) is 0 Å². The molecule has 0 spiro atoms. The topological polar surface area (TPSA) is 82.1 Å². The molecule has 0 fully saturated rings. The second-order valence-electron chi connectivity index (χ2n) is 6.97. The molecular formula is C21H24O6. The molecule has 0 saturated carbocycles. The van der Waals surface area contributed by atoms with Crippen LogP contribution in [-0.2, 0) is 16.1 Å². The maximum absolute atomic E-state index is 13.0. The lowest BCUT2D eigenvalue weighted by molar-refractivity contribution is -0.0233. The van der Waals surface area contributed by atoms with E-state index in [0.29, 0.717) is 22.4 Å². The molecule has 2 rings (SSSR count). The number of carbonyl (C=O) groups is 2. The molecule has 0 aliphatic carbocycles. The molecule has 2 aromatic rings. The number of ketones is 1. The summed E-state index contributed by atoms with van der Waals surface area (Å²) in [6.07, 6.45) is -2.19. The minimum Gasteiger partial charge on any atom is -0.497 e. The van der Waals surface area contributed by atoms with E-state index in [2.05, 4.69) is 0 Å². The fourth-order valence-corrected chi connectivity index (χ4v) is 2.44. The zero-order valence-electron chi connectivity index (χ0n) is 15.9. The van der Waals surface area contributed by atoms with E-state index < -0.39 is 23.6 Å². The number of hydrogen-bond donors (Lipinski definition) is 1. The quantitative estimate of drug-likeness (QED) is 0.608. The van der Waals surface area contributed by atoms with Gasteiger partial charge in [-0.1, -0.05) is 30.3 Å². The van der Waals surface area contributed by atoms with Crippen LogP contribution in [0.1, 0.15) is 48.4 Å². The molecule has 1 unspecified atom stereocenters. The normalized spacial score (nSPS) is 12.2. The van der Waals surface area contributed by atoms with Gasteiger partial charge in [-0.2, -0.15) is 0 Å². The van der Waals surface area contributed by atoms with Crippen molar-refractivity contribution < 1.29 is 28.9 Å². The number of methoxy groups -OCH3 is 1. The monoisotopic (exact) mass is 372 g/mol. The summed E-state index contributed by atoms with van der Waals surface area (Å²) in [5, 5.41) is 9.48. The minimum absolute atomic E-state index is 0.247. The number of aliphatic hydroxyl groups excluding tert-OH is 1. The van der Waals surface area contributed by atoms with Crippen molar-refractivity contribution in [1.29, 1.82) is 0 Å². The molecule has 0 aliphatic rings. The Morgan fingerprint density at radius 2 is 1.74 bits per heavy atom. The molecule has 6 heteroatoms. The zero-order chi connectivity index (χ0) is 20.0. The molecule has 0 aromatic heterocycles. The highest BCUT2D eigenvalue weighted by Gasteiger charge is 2.29. The highest BCUT2D eigenvalue weighted by molar-refractivity contribution is 6.00. The van der Waals surface area contributed by atoms with E-state index in [4.69, 9.17) is 14.2 Å². The number of carbonyl (C=O) groups excluding carboxylic acids is 2. The molecule has 0 heterocycles. The van der Waals surface area contributed by atoms with Crippen LogP contribution in [0.2, 0.25) is 0 Å². The van der Waals surface area contributed by atoms with Gasteiger partial charge in [-0.15, -0.1) is 0 Å². The van der Waals surface area contributed by atoms with E-state index in [9.17, 15) is 14.7 Å². The molecule has 0 bridgehead atoms. The van der Waals surface area contributed by atoms with Gasteiger partial charge in [0.15, 0.2) is 6.10 Å². The Kier molecular flexibility index (Phi) is 6.58. The van der Waals surface area contributed by atoms with Crippen LogP contribution < -0.4 is 4.74 Å². The summed E-state index contributed by atoms with van der Waals surface area (Å²) < 4.78 is 15.8. The average molecular weight is 372 g/mol. The predicted molar refractivity (Wildman–Crippen MR) is 99.7 cm³/mol. The molecular weight excluding hydrogens is 348 g/mol. The first-order valence-electron chi connectivity index (χ1n) is 8.51. The van der Waals surface area contributed by atoms with E-state index in [0.717, 1.165) is 0 Å². The lowest BCUT2D eigenvalue weighted by Crippen LogP contribution is -2.28. The van der Waals surface area contributed by atoms with Crippen LogP contribution in [0.25, 0.3) is 0 Å². The molecule has 0 amide bonds. The Labute approximate surface area is 158 Å². The molecule has 27 heavy (non-hydrogen) atoms. The molecule has 0 radical (unpaired) electrons. The summed E-state index contributed by atoms with van der Waals surface area (Å²) in [6.45, 7) is 4.87. The van der Waals surface area contributed by atoms with Gasteiger partial charge in [0.1, 0.15) is 11.4 Å². The highest BCUT2D eigenvalue weighted by Crippen LogP contribution is 2.28. The van der Waals surface area contributed by atoms with Crippen LogP contribution in [0.5, 0.6) is 5.75 Å². The Balaban J connectivity index is 2.43. The number of benzene rings is 2. The van der Waals surface area contributed by atoms with E-state index in [-0.39, 0.29) is 6.61 Å². The van der Waals surface area contributed by atoms with Crippen molar-refractivity contribution in [2.45, 2.75) is 39.1 Å². The Bertz CT molecular complexity index is 770. The summed E-state index contributed by atoms with van der Waals surface area (Å²) in [4.78, 5) is 25.2. The number of rotatable bonds is 6. The molecule has 1 atom stereocenters. The van der Waals surface area contributed by atoms with Gasteiger partial charge in [-0.05, 0) is 44.5 Å². The fraction of sp³-hybridized carbons (Fsp3) is 0.333. The largest absolute Gasteiger partial charge is 0.509 e. The highest BCUT2D eigenvalue weighted by atomic mass is 16.7. The maximum Gasteiger partial charge on any atom is 0.509 e. The molecule has 6 nitrogen and oxygen atoms in total. The van der Waals surface area contributed by atoms with Crippen molar-refractivity contribution >= 4 is 11.9 Å². The summed E-state index contributed by atoms with van der Waals surface area (Å²) in [5.74, 6) is 0.0359. The van der Waals surface area contributed by atoms with Crippen LogP contribution in [0.3, 0.4) is 0 Å². The summed E-state index contributed by atoms with van der Waals surface area (Å²) in [7, 11) is 1.48.